The van der Waals surface area contributed by atoms with Gasteiger partial charge in [0.15, 0.2) is 0 Å². The molecule has 1 aromatic heterocycles. The summed E-state index contributed by atoms with van der Waals surface area (Å²) >= 11 is 0. The maximum absolute atomic E-state index is 12.5. The molecule has 0 saturated heterocycles. The first-order valence-electron chi connectivity index (χ1n) is 7.92. The Morgan fingerprint density at radius 3 is 2.54 bits per heavy atom. The van der Waals surface area contributed by atoms with E-state index in [1.54, 1.807) is 12.1 Å². The number of amides is 1. The number of anilines is 2. The van der Waals surface area contributed by atoms with Crippen LogP contribution in [0.2, 0.25) is 0 Å². The fraction of sp³-hybridized carbons (Fsp3) is 0.389. The Labute approximate surface area is 142 Å². The van der Waals surface area contributed by atoms with Crippen molar-refractivity contribution in [1.29, 1.82) is 0 Å². The summed E-state index contributed by atoms with van der Waals surface area (Å²) in [6.45, 7) is 9.94. The molecule has 0 spiro atoms. The Morgan fingerprint density at radius 2 is 1.88 bits per heavy atom. The fourth-order valence-corrected chi connectivity index (χ4v) is 2.05. The van der Waals surface area contributed by atoms with Crippen LogP contribution in [0.15, 0.2) is 36.7 Å². The highest BCUT2D eigenvalue weighted by Gasteiger charge is 2.15. The molecule has 1 aromatic carbocycles. The molecule has 0 saturated carbocycles. The molecule has 0 aliphatic carbocycles. The van der Waals surface area contributed by atoms with Gasteiger partial charge in [0.05, 0.1) is 11.8 Å². The minimum atomic E-state index is -0.311. The van der Waals surface area contributed by atoms with Gasteiger partial charge in [-0.05, 0) is 46.8 Å². The van der Waals surface area contributed by atoms with Gasteiger partial charge in [0, 0.05) is 11.6 Å². The van der Waals surface area contributed by atoms with Gasteiger partial charge in [0.1, 0.15) is 23.6 Å². The average Bonchev–Trinajstić information content (AvgIpc) is 2.47. The van der Waals surface area contributed by atoms with Gasteiger partial charge in [-0.25, -0.2) is 9.97 Å². The third-order valence-electron chi connectivity index (χ3n) is 2.90. The molecular formula is C18H24N4O2. The van der Waals surface area contributed by atoms with Crippen molar-refractivity contribution >= 4 is 17.4 Å². The molecular weight excluding hydrogens is 304 g/mol. The average molecular weight is 328 g/mol. The van der Waals surface area contributed by atoms with E-state index in [1.165, 1.54) is 6.33 Å². The highest BCUT2D eigenvalue weighted by molar-refractivity contribution is 6.04. The van der Waals surface area contributed by atoms with Crippen LogP contribution >= 0.6 is 0 Å². The van der Waals surface area contributed by atoms with Crippen molar-refractivity contribution in [2.45, 2.75) is 46.3 Å². The van der Waals surface area contributed by atoms with E-state index in [1.807, 2.05) is 52.8 Å². The summed E-state index contributed by atoms with van der Waals surface area (Å²) < 4.78 is 5.71. The number of para-hydroxylation sites is 2. The maximum atomic E-state index is 12.5. The van der Waals surface area contributed by atoms with Crippen LogP contribution in [0.25, 0.3) is 0 Å². The number of hydrogen-bond donors (Lipinski definition) is 2. The van der Waals surface area contributed by atoms with Gasteiger partial charge in [-0.3, -0.25) is 4.79 Å². The molecule has 1 heterocycles. The summed E-state index contributed by atoms with van der Waals surface area (Å²) in [5, 5.41) is 6.06. The molecule has 1 amide bonds. The van der Waals surface area contributed by atoms with Gasteiger partial charge in [-0.1, -0.05) is 12.1 Å². The predicted molar refractivity (Wildman–Crippen MR) is 95.6 cm³/mol. The summed E-state index contributed by atoms with van der Waals surface area (Å²) in [6.07, 6.45) is 1.39. The van der Waals surface area contributed by atoms with Crippen LogP contribution in [-0.4, -0.2) is 27.5 Å². The number of rotatable bonds is 5. The minimum absolute atomic E-state index is 0.0182. The van der Waals surface area contributed by atoms with E-state index in [9.17, 15) is 4.79 Å². The summed E-state index contributed by atoms with van der Waals surface area (Å²) in [4.78, 5) is 20.7. The summed E-state index contributed by atoms with van der Waals surface area (Å²) in [7, 11) is 0. The lowest BCUT2D eigenvalue weighted by atomic mass is 10.1. The topological polar surface area (TPSA) is 76.1 Å². The number of carbonyl (C=O) groups excluding carboxylic acids is 1. The Bertz CT molecular complexity index is 708. The number of ether oxygens (including phenoxy) is 1. The van der Waals surface area contributed by atoms with Crippen LogP contribution in [0.1, 0.15) is 45.1 Å². The first-order valence-corrected chi connectivity index (χ1v) is 7.92. The molecule has 0 aliphatic heterocycles. The van der Waals surface area contributed by atoms with Gasteiger partial charge in [0.25, 0.3) is 5.91 Å². The smallest absolute Gasteiger partial charge is 0.274 e. The minimum Gasteiger partial charge on any atom is -0.489 e. The monoisotopic (exact) mass is 328 g/mol. The van der Waals surface area contributed by atoms with Crippen molar-refractivity contribution < 1.29 is 9.53 Å². The van der Waals surface area contributed by atoms with Crippen molar-refractivity contribution in [2.75, 3.05) is 10.6 Å². The zero-order valence-corrected chi connectivity index (χ0v) is 14.8. The first kappa shape index (κ1) is 17.7. The van der Waals surface area contributed by atoms with Crippen molar-refractivity contribution in [2.24, 2.45) is 0 Å². The molecule has 0 aliphatic rings. The Balaban J connectivity index is 2.17. The molecule has 0 atom stereocenters. The van der Waals surface area contributed by atoms with E-state index in [2.05, 4.69) is 20.6 Å². The molecule has 24 heavy (non-hydrogen) atoms. The Hall–Kier alpha value is -2.63. The molecule has 0 fully saturated rings. The SMILES string of the molecule is CC(C)Oc1ccccc1NC(=O)c1cc(NC(C)(C)C)ncn1. The van der Waals surface area contributed by atoms with Gasteiger partial charge in [-0.15, -0.1) is 0 Å². The van der Waals surface area contributed by atoms with Gasteiger partial charge in [0.2, 0.25) is 0 Å². The second-order valence-electron chi connectivity index (χ2n) is 6.78. The lowest BCUT2D eigenvalue weighted by Gasteiger charge is -2.21. The van der Waals surface area contributed by atoms with Crippen LogP contribution in [0, 0.1) is 0 Å². The maximum Gasteiger partial charge on any atom is 0.274 e. The first-order chi connectivity index (χ1) is 11.2. The van der Waals surface area contributed by atoms with Crippen molar-refractivity contribution in [1.82, 2.24) is 9.97 Å². The lowest BCUT2D eigenvalue weighted by Crippen LogP contribution is -2.27. The standard InChI is InChI=1S/C18H24N4O2/c1-12(2)24-15-9-7-6-8-13(15)21-17(23)14-10-16(20-11-19-14)22-18(3,4)5/h6-12H,1-5H3,(H,21,23)(H,19,20,22). The summed E-state index contributed by atoms with van der Waals surface area (Å²) in [6, 6.07) is 8.96. The number of nitrogens with zero attached hydrogens (tertiary/aromatic N) is 2. The lowest BCUT2D eigenvalue weighted by molar-refractivity contribution is 0.102. The number of aromatic nitrogens is 2. The van der Waals surface area contributed by atoms with Crippen molar-refractivity contribution in [3.05, 3.63) is 42.4 Å². The van der Waals surface area contributed by atoms with Gasteiger partial charge >= 0.3 is 0 Å². The quantitative estimate of drug-likeness (QED) is 0.874. The number of carbonyl (C=O) groups is 1. The molecule has 128 valence electrons. The van der Waals surface area contributed by atoms with E-state index in [-0.39, 0.29) is 23.2 Å². The van der Waals surface area contributed by atoms with E-state index in [0.29, 0.717) is 17.3 Å². The molecule has 6 heteroatoms. The second kappa shape index (κ2) is 7.29. The molecule has 2 N–H and O–H groups in total. The molecule has 0 bridgehead atoms. The highest BCUT2D eigenvalue weighted by atomic mass is 16.5. The second-order valence-corrected chi connectivity index (χ2v) is 6.78. The van der Waals surface area contributed by atoms with E-state index in [0.717, 1.165) is 0 Å². The molecule has 2 aromatic rings. The number of nitrogens with one attached hydrogen (secondary N) is 2. The van der Waals surface area contributed by atoms with Crippen molar-refractivity contribution in [3.8, 4) is 5.75 Å². The molecule has 2 rings (SSSR count). The molecule has 0 unspecified atom stereocenters. The Morgan fingerprint density at radius 1 is 1.17 bits per heavy atom. The van der Waals surface area contributed by atoms with Crippen LogP contribution < -0.4 is 15.4 Å². The normalized spacial score (nSPS) is 11.2. The van der Waals surface area contributed by atoms with Crippen LogP contribution in [0.4, 0.5) is 11.5 Å². The zero-order chi connectivity index (χ0) is 17.7. The predicted octanol–water partition coefficient (Wildman–Crippen LogP) is 3.73. The zero-order valence-electron chi connectivity index (χ0n) is 14.8. The van der Waals surface area contributed by atoms with Gasteiger partial charge < -0.3 is 15.4 Å². The molecule has 6 nitrogen and oxygen atoms in total. The summed E-state index contributed by atoms with van der Waals surface area (Å²) in [5.74, 6) is 0.923. The van der Waals surface area contributed by atoms with Crippen LogP contribution in [0.3, 0.4) is 0 Å². The molecule has 0 radical (unpaired) electrons. The van der Waals surface area contributed by atoms with E-state index in [4.69, 9.17) is 4.74 Å². The van der Waals surface area contributed by atoms with Crippen molar-refractivity contribution in [3.63, 3.8) is 0 Å². The number of hydrogen-bond acceptors (Lipinski definition) is 5. The highest BCUT2D eigenvalue weighted by Crippen LogP contribution is 2.25. The summed E-state index contributed by atoms with van der Waals surface area (Å²) in [5.41, 5.74) is 0.746. The van der Waals surface area contributed by atoms with E-state index < -0.39 is 0 Å². The van der Waals surface area contributed by atoms with Crippen LogP contribution in [-0.2, 0) is 0 Å². The van der Waals surface area contributed by atoms with Crippen LogP contribution in [0.5, 0.6) is 5.75 Å². The largest absolute Gasteiger partial charge is 0.489 e. The third kappa shape index (κ3) is 5.22. The van der Waals surface area contributed by atoms with E-state index >= 15 is 0 Å². The third-order valence-corrected chi connectivity index (χ3v) is 2.90. The van der Waals surface area contributed by atoms with Gasteiger partial charge in [-0.2, -0.15) is 0 Å². The fourth-order valence-electron chi connectivity index (χ4n) is 2.05. The Kier molecular flexibility index (Phi) is 5.39. The number of benzene rings is 1.